The molecular weight excluding hydrogens is 457 g/mol. The minimum Gasteiger partial charge on any atom is -0.325 e. The summed E-state index contributed by atoms with van der Waals surface area (Å²) in [7, 11) is 0. The maximum atomic E-state index is 13.3. The smallest absolute Gasteiger partial charge is 0.273 e. The van der Waals surface area contributed by atoms with Gasteiger partial charge >= 0.3 is 0 Å². The molecule has 0 saturated carbocycles. The third kappa shape index (κ3) is 3.87. The van der Waals surface area contributed by atoms with Crippen LogP contribution in [-0.4, -0.2) is 30.8 Å². The van der Waals surface area contributed by atoms with E-state index in [0.29, 0.717) is 33.4 Å². The zero-order valence-electron chi connectivity index (χ0n) is 15.8. The fourth-order valence-electron chi connectivity index (χ4n) is 3.19. The lowest BCUT2D eigenvalue weighted by Gasteiger charge is -2.08. The zero-order chi connectivity index (χ0) is 21.4. The molecular formula is C20H14FN5O2S3. The Kier molecular flexibility index (Phi) is 5.30. The normalized spacial score (nSPS) is 11.4. The molecule has 1 amide bonds. The number of nitrogens with zero attached hydrogens (tertiary/aromatic N) is 4. The molecule has 11 heteroatoms. The number of anilines is 1. The lowest BCUT2D eigenvalue weighted by molar-refractivity contribution is -0.113. The van der Waals surface area contributed by atoms with Crippen LogP contribution in [0.3, 0.4) is 0 Å². The number of thiophene rings is 2. The first-order valence-electron chi connectivity index (χ1n) is 9.16. The summed E-state index contributed by atoms with van der Waals surface area (Å²) in [5, 5.41) is 15.5. The quantitative estimate of drug-likeness (QED) is 0.378. The number of nitrogens with one attached hydrogen (secondary N) is 1. The number of aromatic nitrogens is 4. The van der Waals surface area contributed by atoms with Gasteiger partial charge in [-0.3, -0.25) is 18.6 Å². The second-order valence-electron chi connectivity index (χ2n) is 6.57. The van der Waals surface area contributed by atoms with E-state index in [2.05, 4.69) is 15.5 Å². The number of carbonyl (C=O) groups is 1. The molecule has 0 fully saturated rings. The van der Waals surface area contributed by atoms with E-state index < -0.39 is 5.82 Å². The topological polar surface area (TPSA) is 81.3 Å². The van der Waals surface area contributed by atoms with Crippen molar-refractivity contribution in [3.8, 4) is 0 Å². The van der Waals surface area contributed by atoms with E-state index in [-0.39, 0.29) is 17.2 Å². The van der Waals surface area contributed by atoms with Crippen molar-refractivity contribution in [2.45, 2.75) is 11.7 Å². The molecule has 4 heterocycles. The Morgan fingerprint density at radius 3 is 2.84 bits per heavy atom. The predicted octanol–water partition coefficient (Wildman–Crippen LogP) is 4.09. The number of carbonyl (C=O) groups excluding carboxylic acids is 1. The van der Waals surface area contributed by atoms with Crippen molar-refractivity contribution < 1.29 is 9.18 Å². The van der Waals surface area contributed by atoms with Crippen molar-refractivity contribution in [3.05, 3.63) is 74.3 Å². The van der Waals surface area contributed by atoms with Crippen molar-refractivity contribution in [2.75, 3.05) is 11.1 Å². The highest BCUT2D eigenvalue weighted by molar-refractivity contribution is 7.99. The van der Waals surface area contributed by atoms with Gasteiger partial charge in [0.05, 0.1) is 17.8 Å². The number of fused-ring (bicyclic) bond motifs is 3. The molecule has 1 N–H and O–H groups in total. The lowest BCUT2D eigenvalue weighted by Crippen LogP contribution is -2.22. The number of hydrogen-bond acceptors (Lipinski definition) is 7. The Bertz CT molecular complexity index is 1460. The molecule has 31 heavy (non-hydrogen) atoms. The van der Waals surface area contributed by atoms with Gasteiger partial charge in [0, 0.05) is 10.6 Å². The molecule has 0 aliphatic rings. The Morgan fingerprint density at radius 2 is 2.03 bits per heavy atom. The number of amides is 1. The number of thioether (sulfide) groups is 1. The molecule has 1 aromatic carbocycles. The molecule has 0 aliphatic carbocycles. The van der Waals surface area contributed by atoms with Gasteiger partial charge in [-0.25, -0.2) is 4.39 Å². The van der Waals surface area contributed by atoms with Crippen LogP contribution in [0.1, 0.15) is 4.88 Å². The van der Waals surface area contributed by atoms with Crippen LogP contribution in [0, 0.1) is 5.82 Å². The third-order valence-corrected chi connectivity index (χ3v) is 7.20. The first kappa shape index (κ1) is 19.9. The van der Waals surface area contributed by atoms with Crippen LogP contribution in [0.4, 0.5) is 10.1 Å². The fraction of sp³-hybridized carbons (Fsp3) is 0.100. The van der Waals surface area contributed by atoms with E-state index in [4.69, 9.17) is 0 Å². The van der Waals surface area contributed by atoms with Crippen molar-refractivity contribution in [1.82, 2.24) is 19.2 Å². The summed E-state index contributed by atoms with van der Waals surface area (Å²) in [5.41, 5.74) is 0.992. The summed E-state index contributed by atoms with van der Waals surface area (Å²) in [4.78, 5) is 26.4. The SMILES string of the molecule is O=C(CSc1nnc2n(Cc3cccs3)c(=O)c3sccc3n12)Nc1cccc(F)c1. The lowest BCUT2D eigenvalue weighted by atomic mass is 10.3. The fourth-order valence-corrected chi connectivity index (χ4v) is 5.44. The number of benzene rings is 1. The van der Waals surface area contributed by atoms with Crippen LogP contribution < -0.4 is 10.9 Å². The van der Waals surface area contributed by atoms with Crippen LogP contribution in [0.25, 0.3) is 16.0 Å². The monoisotopic (exact) mass is 471 g/mol. The largest absolute Gasteiger partial charge is 0.325 e. The second kappa shape index (κ2) is 8.25. The average molecular weight is 472 g/mol. The highest BCUT2D eigenvalue weighted by Gasteiger charge is 2.19. The number of rotatable bonds is 6. The summed E-state index contributed by atoms with van der Waals surface area (Å²) < 4.78 is 17.3. The summed E-state index contributed by atoms with van der Waals surface area (Å²) in [6.07, 6.45) is 0. The highest BCUT2D eigenvalue weighted by atomic mass is 32.2. The zero-order valence-corrected chi connectivity index (χ0v) is 18.3. The van der Waals surface area contributed by atoms with Gasteiger partial charge in [0.1, 0.15) is 10.5 Å². The van der Waals surface area contributed by atoms with Crippen LogP contribution in [-0.2, 0) is 11.3 Å². The maximum absolute atomic E-state index is 13.3. The van der Waals surface area contributed by atoms with E-state index in [0.717, 1.165) is 4.88 Å². The molecule has 156 valence electrons. The minimum atomic E-state index is -0.419. The Labute approximate surface area is 187 Å². The van der Waals surface area contributed by atoms with Gasteiger partial charge in [-0.2, -0.15) is 0 Å². The van der Waals surface area contributed by atoms with E-state index in [1.165, 1.54) is 41.3 Å². The van der Waals surface area contributed by atoms with Crippen LogP contribution in [0.2, 0.25) is 0 Å². The van der Waals surface area contributed by atoms with E-state index in [1.54, 1.807) is 26.4 Å². The molecule has 5 aromatic rings. The molecule has 4 aromatic heterocycles. The highest BCUT2D eigenvalue weighted by Crippen LogP contribution is 2.25. The van der Waals surface area contributed by atoms with Crippen molar-refractivity contribution >= 4 is 62.0 Å². The van der Waals surface area contributed by atoms with E-state index in [9.17, 15) is 14.0 Å². The molecule has 0 unspecified atom stereocenters. The van der Waals surface area contributed by atoms with E-state index in [1.807, 2.05) is 29.0 Å². The minimum absolute atomic E-state index is 0.0625. The molecule has 0 saturated heterocycles. The van der Waals surface area contributed by atoms with E-state index >= 15 is 0 Å². The number of halogens is 1. The van der Waals surface area contributed by atoms with Crippen molar-refractivity contribution in [3.63, 3.8) is 0 Å². The first-order chi connectivity index (χ1) is 15.1. The molecule has 0 aliphatic heterocycles. The molecule has 0 radical (unpaired) electrons. The summed E-state index contributed by atoms with van der Waals surface area (Å²) in [6.45, 7) is 0.400. The Hall–Kier alpha value is -3.02. The molecule has 0 bridgehead atoms. The second-order valence-corrected chi connectivity index (χ2v) is 9.46. The summed E-state index contributed by atoms with van der Waals surface area (Å²) in [5.74, 6) is -0.219. The summed E-state index contributed by atoms with van der Waals surface area (Å²) >= 11 is 4.14. The molecule has 0 atom stereocenters. The van der Waals surface area contributed by atoms with Crippen LogP contribution in [0.15, 0.2) is 63.2 Å². The molecule has 5 rings (SSSR count). The molecule has 7 nitrogen and oxygen atoms in total. The number of hydrogen-bond donors (Lipinski definition) is 1. The maximum Gasteiger partial charge on any atom is 0.273 e. The Balaban J connectivity index is 1.46. The molecule has 0 spiro atoms. The van der Waals surface area contributed by atoms with Gasteiger partial charge < -0.3 is 5.32 Å². The van der Waals surface area contributed by atoms with Crippen LogP contribution >= 0.6 is 34.4 Å². The third-order valence-electron chi connectivity index (χ3n) is 4.52. The average Bonchev–Trinajstić information content (AvgIpc) is 3.50. The van der Waals surface area contributed by atoms with Crippen molar-refractivity contribution in [2.24, 2.45) is 0 Å². The van der Waals surface area contributed by atoms with Gasteiger partial charge in [0.2, 0.25) is 11.7 Å². The standard InChI is InChI=1S/C20H14FN5O2S3/c21-12-3-1-4-13(9-12)22-16(27)11-31-20-24-23-19-25(10-14-5-2-7-29-14)18(28)17-15(26(19)20)6-8-30-17/h1-9H,10-11H2,(H,22,27). The van der Waals surface area contributed by atoms with Crippen molar-refractivity contribution in [1.29, 1.82) is 0 Å². The predicted molar refractivity (Wildman–Crippen MR) is 122 cm³/mol. The van der Waals surface area contributed by atoms with Gasteiger partial charge in [0.25, 0.3) is 5.56 Å². The first-order valence-corrected chi connectivity index (χ1v) is 11.9. The van der Waals surface area contributed by atoms with Gasteiger partial charge in [0.15, 0.2) is 5.16 Å². The van der Waals surface area contributed by atoms with Crippen LogP contribution in [0.5, 0.6) is 0 Å². The van der Waals surface area contributed by atoms with Gasteiger partial charge in [-0.15, -0.1) is 32.9 Å². The van der Waals surface area contributed by atoms with Gasteiger partial charge in [-0.1, -0.05) is 23.9 Å². The summed E-state index contributed by atoms with van der Waals surface area (Å²) in [6, 6.07) is 11.5. The Morgan fingerprint density at radius 1 is 1.13 bits per heavy atom. The van der Waals surface area contributed by atoms with Gasteiger partial charge in [-0.05, 0) is 41.1 Å².